The first-order valence-corrected chi connectivity index (χ1v) is 7.53. The quantitative estimate of drug-likeness (QED) is 0.813. The molecule has 2 rings (SSSR count). The molecule has 5 heteroatoms. The summed E-state index contributed by atoms with van der Waals surface area (Å²) in [7, 11) is 0. The van der Waals surface area contributed by atoms with Crippen LogP contribution in [0.5, 0.6) is 0 Å². The number of rotatable bonds is 5. The molecule has 0 aliphatic rings. The van der Waals surface area contributed by atoms with Gasteiger partial charge in [0.2, 0.25) is 5.91 Å². The molecular weight excluding hydrogens is 330 g/mol. The predicted octanol–water partition coefficient (Wildman–Crippen LogP) is 3.50. The Morgan fingerprint density at radius 2 is 1.76 bits per heavy atom. The molecule has 0 aliphatic heterocycles. The molecule has 3 N–H and O–H groups in total. The number of nitrogen functional groups attached to an aromatic ring is 1. The van der Waals surface area contributed by atoms with Gasteiger partial charge in [-0.2, -0.15) is 0 Å². The SMILES string of the molecule is CCN(CC(=O)Nc1ccc(Br)cc1)c1ccc(N)cc1. The molecule has 0 saturated heterocycles. The second-order valence-corrected chi connectivity index (χ2v) is 5.58. The van der Waals surface area contributed by atoms with Gasteiger partial charge in [-0.25, -0.2) is 0 Å². The summed E-state index contributed by atoms with van der Waals surface area (Å²) in [6, 6.07) is 15.0. The van der Waals surface area contributed by atoms with Crippen molar-refractivity contribution in [2.24, 2.45) is 0 Å². The van der Waals surface area contributed by atoms with E-state index in [4.69, 9.17) is 5.73 Å². The molecule has 0 aliphatic carbocycles. The van der Waals surface area contributed by atoms with Crippen LogP contribution in [-0.4, -0.2) is 19.0 Å². The Morgan fingerprint density at radius 1 is 1.14 bits per heavy atom. The Hall–Kier alpha value is -2.01. The van der Waals surface area contributed by atoms with Crippen molar-refractivity contribution in [2.45, 2.75) is 6.92 Å². The van der Waals surface area contributed by atoms with E-state index < -0.39 is 0 Å². The van der Waals surface area contributed by atoms with Gasteiger partial charge in [-0.3, -0.25) is 4.79 Å². The van der Waals surface area contributed by atoms with Crippen molar-refractivity contribution < 1.29 is 4.79 Å². The molecule has 1 amide bonds. The Bertz CT molecular complexity index is 596. The van der Waals surface area contributed by atoms with Gasteiger partial charge in [0.25, 0.3) is 0 Å². The smallest absolute Gasteiger partial charge is 0.243 e. The lowest BCUT2D eigenvalue weighted by molar-refractivity contribution is -0.115. The minimum Gasteiger partial charge on any atom is -0.399 e. The molecule has 0 unspecified atom stereocenters. The van der Waals surface area contributed by atoms with Gasteiger partial charge < -0.3 is 16.0 Å². The maximum absolute atomic E-state index is 12.1. The Morgan fingerprint density at radius 3 is 2.33 bits per heavy atom. The number of anilines is 3. The predicted molar refractivity (Wildman–Crippen MR) is 91.5 cm³/mol. The topological polar surface area (TPSA) is 58.4 Å². The molecule has 0 spiro atoms. The molecule has 2 aromatic carbocycles. The van der Waals surface area contributed by atoms with E-state index in [2.05, 4.69) is 21.2 Å². The van der Waals surface area contributed by atoms with E-state index in [0.717, 1.165) is 22.4 Å². The Labute approximate surface area is 133 Å². The summed E-state index contributed by atoms with van der Waals surface area (Å²) in [6.07, 6.45) is 0. The van der Waals surface area contributed by atoms with Crippen molar-refractivity contribution in [3.8, 4) is 0 Å². The van der Waals surface area contributed by atoms with E-state index in [9.17, 15) is 4.79 Å². The fourth-order valence-corrected chi connectivity index (χ4v) is 2.24. The summed E-state index contributed by atoms with van der Waals surface area (Å²) in [4.78, 5) is 14.1. The fourth-order valence-electron chi connectivity index (χ4n) is 1.98. The van der Waals surface area contributed by atoms with Crippen LogP contribution in [0.1, 0.15) is 6.92 Å². The first kappa shape index (κ1) is 15.4. The minimum absolute atomic E-state index is 0.0454. The van der Waals surface area contributed by atoms with E-state index in [-0.39, 0.29) is 5.91 Å². The van der Waals surface area contributed by atoms with Crippen molar-refractivity contribution in [2.75, 3.05) is 29.0 Å². The van der Waals surface area contributed by atoms with Crippen molar-refractivity contribution in [3.05, 3.63) is 53.0 Å². The number of benzene rings is 2. The van der Waals surface area contributed by atoms with Crippen LogP contribution in [0.15, 0.2) is 53.0 Å². The van der Waals surface area contributed by atoms with Gasteiger partial charge in [0, 0.05) is 28.1 Å². The van der Waals surface area contributed by atoms with Crippen LogP contribution in [0, 0.1) is 0 Å². The van der Waals surface area contributed by atoms with E-state index in [0.29, 0.717) is 12.2 Å². The maximum Gasteiger partial charge on any atom is 0.243 e. The monoisotopic (exact) mass is 347 g/mol. The highest BCUT2D eigenvalue weighted by molar-refractivity contribution is 9.10. The van der Waals surface area contributed by atoms with E-state index in [1.54, 1.807) is 0 Å². The molecule has 0 atom stereocenters. The lowest BCUT2D eigenvalue weighted by atomic mass is 10.2. The molecule has 4 nitrogen and oxygen atoms in total. The van der Waals surface area contributed by atoms with Crippen molar-refractivity contribution in [1.82, 2.24) is 0 Å². The summed E-state index contributed by atoms with van der Waals surface area (Å²) in [6.45, 7) is 3.07. The van der Waals surface area contributed by atoms with Crippen LogP contribution in [0.3, 0.4) is 0 Å². The highest BCUT2D eigenvalue weighted by atomic mass is 79.9. The largest absolute Gasteiger partial charge is 0.399 e. The third kappa shape index (κ3) is 4.49. The first-order chi connectivity index (χ1) is 10.1. The van der Waals surface area contributed by atoms with Gasteiger partial charge in [-0.15, -0.1) is 0 Å². The van der Waals surface area contributed by atoms with Gasteiger partial charge in [0.1, 0.15) is 0 Å². The van der Waals surface area contributed by atoms with E-state index in [1.807, 2.05) is 60.4 Å². The number of halogens is 1. The number of carbonyl (C=O) groups excluding carboxylic acids is 1. The van der Waals surface area contributed by atoms with Crippen molar-refractivity contribution >= 4 is 38.9 Å². The molecule has 0 heterocycles. The number of nitrogens with zero attached hydrogens (tertiary/aromatic N) is 1. The number of amides is 1. The first-order valence-electron chi connectivity index (χ1n) is 6.74. The second-order valence-electron chi connectivity index (χ2n) is 4.66. The third-order valence-electron chi connectivity index (χ3n) is 3.10. The number of carbonyl (C=O) groups is 1. The average molecular weight is 348 g/mol. The minimum atomic E-state index is -0.0454. The molecule has 0 aromatic heterocycles. The van der Waals surface area contributed by atoms with Gasteiger partial charge >= 0.3 is 0 Å². The molecule has 2 aromatic rings. The van der Waals surface area contributed by atoms with Crippen molar-refractivity contribution in [1.29, 1.82) is 0 Å². The number of nitrogens with two attached hydrogens (primary N) is 1. The van der Waals surface area contributed by atoms with Crippen molar-refractivity contribution in [3.63, 3.8) is 0 Å². The third-order valence-corrected chi connectivity index (χ3v) is 3.63. The van der Waals surface area contributed by atoms with Crippen LogP contribution in [-0.2, 0) is 4.79 Å². The summed E-state index contributed by atoms with van der Waals surface area (Å²) in [5.74, 6) is -0.0454. The summed E-state index contributed by atoms with van der Waals surface area (Å²) < 4.78 is 0.984. The van der Waals surface area contributed by atoms with E-state index >= 15 is 0 Å². The number of hydrogen-bond donors (Lipinski definition) is 2. The van der Waals surface area contributed by atoms with Gasteiger partial charge in [-0.1, -0.05) is 15.9 Å². The lowest BCUT2D eigenvalue weighted by Gasteiger charge is -2.22. The molecule has 0 radical (unpaired) electrons. The Balaban J connectivity index is 1.99. The number of likely N-dealkylation sites (N-methyl/N-ethyl adjacent to an activating group) is 1. The molecular formula is C16H18BrN3O. The summed E-state index contributed by atoms with van der Waals surface area (Å²) in [5.41, 5.74) is 8.17. The van der Waals surface area contributed by atoms with Crippen LogP contribution >= 0.6 is 15.9 Å². The highest BCUT2D eigenvalue weighted by Gasteiger charge is 2.10. The molecule has 0 saturated carbocycles. The fraction of sp³-hybridized carbons (Fsp3) is 0.188. The summed E-state index contributed by atoms with van der Waals surface area (Å²) >= 11 is 3.37. The molecule has 0 fully saturated rings. The van der Waals surface area contributed by atoms with E-state index in [1.165, 1.54) is 0 Å². The highest BCUT2D eigenvalue weighted by Crippen LogP contribution is 2.17. The zero-order valence-electron chi connectivity index (χ0n) is 11.8. The lowest BCUT2D eigenvalue weighted by Crippen LogP contribution is -2.33. The second kappa shape index (κ2) is 7.13. The zero-order valence-corrected chi connectivity index (χ0v) is 13.4. The van der Waals surface area contributed by atoms with Crippen LogP contribution in [0.4, 0.5) is 17.1 Å². The summed E-state index contributed by atoms with van der Waals surface area (Å²) in [5, 5.41) is 2.89. The van der Waals surface area contributed by atoms with Gasteiger partial charge in [-0.05, 0) is 55.5 Å². The number of nitrogens with one attached hydrogen (secondary N) is 1. The van der Waals surface area contributed by atoms with Crippen LogP contribution < -0.4 is 16.0 Å². The van der Waals surface area contributed by atoms with Gasteiger partial charge in [0.15, 0.2) is 0 Å². The Kier molecular flexibility index (Phi) is 5.22. The van der Waals surface area contributed by atoms with Crippen LogP contribution in [0.2, 0.25) is 0 Å². The molecule has 0 bridgehead atoms. The normalized spacial score (nSPS) is 10.2. The van der Waals surface area contributed by atoms with Crippen LogP contribution in [0.25, 0.3) is 0 Å². The average Bonchev–Trinajstić information content (AvgIpc) is 2.48. The standard InChI is InChI=1S/C16H18BrN3O/c1-2-20(15-9-5-13(18)6-10-15)11-16(21)19-14-7-3-12(17)4-8-14/h3-10H,2,11,18H2,1H3,(H,19,21). The maximum atomic E-state index is 12.1. The molecule has 21 heavy (non-hydrogen) atoms. The molecule has 110 valence electrons. The number of hydrogen-bond acceptors (Lipinski definition) is 3. The van der Waals surface area contributed by atoms with Gasteiger partial charge in [0.05, 0.1) is 6.54 Å². The zero-order chi connectivity index (χ0) is 15.2.